The van der Waals surface area contributed by atoms with Crippen LogP contribution in [0.2, 0.25) is 0 Å². The minimum atomic E-state index is 0.435. The number of rotatable bonds is 4. The summed E-state index contributed by atoms with van der Waals surface area (Å²) in [5, 5.41) is 8.55. The summed E-state index contributed by atoms with van der Waals surface area (Å²) < 4.78 is 5.50. The Hall–Kier alpha value is -0.370. The lowest BCUT2D eigenvalue weighted by molar-refractivity contribution is -0.118. The molecule has 0 bridgehead atoms. The van der Waals surface area contributed by atoms with Crippen LogP contribution in [0.5, 0.6) is 0 Å². The minimum absolute atomic E-state index is 0.435. The number of methoxy groups -OCH3 is 1. The molecule has 0 spiro atoms. The number of hydrogen-bond acceptors (Lipinski definition) is 2. The average molecular weight is 360 g/mol. The number of ether oxygens (including phenoxy) is 1. The summed E-state index contributed by atoms with van der Waals surface area (Å²) >= 11 is 0. The monoisotopic (exact) mass is 359 g/mol. The zero-order valence-corrected chi connectivity index (χ0v) is 17.7. The molecule has 8 atom stereocenters. The molecule has 0 aliphatic heterocycles. The molecule has 148 valence electrons. The lowest BCUT2D eigenvalue weighted by atomic mass is 9.44. The number of fused-ring (bicyclic) bond motifs is 5. The number of hydrogen-bond donors (Lipinski definition) is 1. The van der Waals surface area contributed by atoms with Crippen molar-refractivity contribution in [3.63, 3.8) is 0 Å². The molecule has 0 saturated heterocycles. The quantitative estimate of drug-likeness (QED) is 0.584. The molecule has 0 heterocycles. The lowest BCUT2D eigenvalue weighted by Gasteiger charge is -2.61. The topological polar surface area (TPSA) is 33.1 Å². The smallest absolute Gasteiger partial charge is 0.0490 e. The fraction of sp³-hybridized carbons (Fsp3) is 0.958. The van der Waals surface area contributed by atoms with Gasteiger partial charge in [-0.25, -0.2) is 0 Å². The van der Waals surface area contributed by atoms with Gasteiger partial charge in [0.2, 0.25) is 0 Å². The van der Waals surface area contributed by atoms with Crippen LogP contribution in [-0.4, -0.2) is 19.4 Å². The van der Waals surface area contributed by atoms with Gasteiger partial charge in [-0.3, -0.25) is 0 Å². The van der Waals surface area contributed by atoms with E-state index >= 15 is 0 Å². The highest BCUT2D eigenvalue weighted by Gasteiger charge is 2.60. The van der Waals surface area contributed by atoms with Crippen molar-refractivity contribution in [2.45, 2.75) is 85.0 Å². The van der Waals surface area contributed by atoms with Gasteiger partial charge in [-0.05, 0) is 105 Å². The Labute approximate surface area is 161 Å². The van der Waals surface area contributed by atoms with Gasteiger partial charge in [0.15, 0.2) is 0 Å². The average Bonchev–Trinajstić information content (AvgIpc) is 2.99. The van der Waals surface area contributed by atoms with E-state index in [2.05, 4.69) is 20.8 Å². The Morgan fingerprint density at radius 2 is 1.69 bits per heavy atom. The molecule has 0 aromatic rings. The van der Waals surface area contributed by atoms with Crippen LogP contribution in [0, 0.1) is 51.7 Å². The summed E-state index contributed by atoms with van der Waals surface area (Å²) in [6, 6.07) is 0. The van der Waals surface area contributed by atoms with Gasteiger partial charge in [0.1, 0.15) is 0 Å². The zero-order chi connectivity index (χ0) is 18.5. The Bertz CT molecular complexity index is 544. The second-order valence-corrected chi connectivity index (χ2v) is 10.8. The minimum Gasteiger partial charge on any atom is -0.384 e. The second kappa shape index (κ2) is 6.90. The van der Waals surface area contributed by atoms with E-state index in [0.29, 0.717) is 16.7 Å². The van der Waals surface area contributed by atoms with Gasteiger partial charge in [-0.1, -0.05) is 20.8 Å². The van der Waals surface area contributed by atoms with E-state index in [-0.39, 0.29) is 0 Å². The molecule has 0 aromatic heterocycles. The predicted molar refractivity (Wildman–Crippen MR) is 109 cm³/mol. The summed E-state index contributed by atoms with van der Waals surface area (Å²) in [6.45, 7) is 8.40. The highest BCUT2D eigenvalue weighted by molar-refractivity contribution is 5.84. The molecule has 2 heteroatoms. The lowest BCUT2D eigenvalue weighted by Crippen LogP contribution is -2.54. The maximum Gasteiger partial charge on any atom is 0.0490 e. The van der Waals surface area contributed by atoms with Crippen molar-refractivity contribution in [2.24, 2.45) is 46.3 Å². The van der Waals surface area contributed by atoms with Crippen molar-refractivity contribution in [1.29, 1.82) is 5.41 Å². The standard InChI is InChI=1S/C24H41NO/c1-5-22(25)21-9-8-19-18-7-6-17-14-16(15-26-4)10-12-23(17,2)20(18)11-13-24(19,21)3/h16-21,25H,5-15H2,1-4H3. The van der Waals surface area contributed by atoms with Crippen molar-refractivity contribution in [3.05, 3.63) is 0 Å². The molecule has 26 heavy (non-hydrogen) atoms. The van der Waals surface area contributed by atoms with Crippen LogP contribution in [0.3, 0.4) is 0 Å². The Balaban J connectivity index is 1.54. The summed E-state index contributed by atoms with van der Waals surface area (Å²) in [6.07, 6.45) is 13.6. The van der Waals surface area contributed by atoms with E-state index in [1.54, 1.807) is 0 Å². The molecule has 0 amide bonds. The van der Waals surface area contributed by atoms with E-state index in [0.717, 1.165) is 48.3 Å². The van der Waals surface area contributed by atoms with Crippen molar-refractivity contribution in [2.75, 3.05) is 13.7 Å². The first kappa shape index (κ1) is 19.0. The molecule has 4 rings (SSSR count). The maximum absolute atomic E-state index is 8.55. The van der Waals surface area contributed by atoms with Gasteiger partial charge in [0, 0.05) is 25.3 Å². The van der Waals surface area contributed by atoms with Crippen LogP contribution in [0.25, 0.3) is 0 Å². The largest absolute Gasteiger partial charge is 0.384 e. The van der Waals surface area contributed by atoms with Crippen LogP contribution in [0.15, 0.2) is 0 Å². The molecular formula is C24H41NO. The Kier molecular flexibility index (Phi) is 5.04. The SMILES string of the molecule is CCC(=N)C1CCC2C3CCC4CC(COC)CCC4(C)C3CCC12C. The third kappa shape index (κ3) is 2.73. The summed E-state index contributed by atoms with van der Waals surface area (Å²) in [4.78, 5) is 0. The van der Waals surface area contributed by atoms with Crippen LogP contribution < -0.4 is 0 Å². The molecule has 0 aromatic carbocycles. The first-order chi connectivity index (χ1) is 12.4. The first-order valence-corrected chi connectivity index (χ1v) is 11.5. The predicted octanol–water partition coefficient (Wildman–Crippen LogP) is 6.34. The second-order valence-electron chi connectivity index (χ2n) is 10.8. The van der Waals surface area contributed by atoms with Crippen LogP contribution in [0.4, 0.5) is 0 Å². The summed E-state index contributed by atoms with van der Waals surface area (Å²) in [5.41, 5.74) is 2.07. The highest BCUT2D eigenvalue weighted by atomic mass is 16.5. The molecule has 2 nitrogen and oxygen atoms in total. The molecule has 4 fully saturated rings. The fourth-order valence-corrected chi connectivity index (χ4v) is 8.55. The third-order valence-corrected chi connectivity index (χ3v) is 9.98. The summed E-state index contributed by atoms with van der Waals surface area (Å²) in [5.74, 6) is 5.13. The number of nitrogens with one attached hydrogen (secondary N) is 1. The molecule has 8 unspecified atom stereocenters. The third-order valence-electron chi connectivity index (χ3n) is 9.98. The highest BCUT2D eigenvalue weighted by Crippen LogP contribution is 2.67. The van der Waals surface area contributed by atoms with E-state index in [4.69, 9.17) is 10.1 Å². The van der Waals surface area contributed by atoms with Gasteiger partial charge >= 0.3 is 0 Å². The zero-order valence-electron chi connectivity index (χ0n) is 17.7. The molecular weight excluding hydrogens is 318 g/mol. The van der Waals surface area contributed by atoms with Crippen molar-refractivity contribution >= 4 is 5.71 Å². The van der Waals surface area contributed by atoms with Gasteiger partial charge in [0.25, 0.3) is 0 Å². The molecule has 4 aliphatic carbocycles. The van der Waals surface area contributed by atoms with Crippen molar-refractivity contribution < 1.29 is 4.74 Å². The molecule has 1 N–H and O–H groups in total. The van der Waals surface area contributed by atoms with E-state index in [1.807, 2.05) is 7.11 Å². The van der Waals surface area contributed by atoms with Crippen LogP contribution in [0.1, 0.15) is 85.0 Å². The van der Waals surface area contributed by atoms with Gasteiger partial charge < -0.3 is 10.1 Å². The van der Waals surface area contributed by atoms with Gasteiger partial charge in [0.05, 0.1) is 0 Å². The molecule has 0 radical (unpaired) electrons. The van der Waals surface area contributed by atoms with E-state index in [9.17, 15) is 0 Å². The maximum atomic E-state index is 8.55. The summed E-state index contributed by atoms with van der Waals surface area (Å²) in [7, 11) is 1.87. The van der Waals surface area contributed by atoms with E-state index < -0.39 is 0 Å². The molecule has 4 saturated carbocycles. The van der Waals surface area contributed by atoms with Crippen molar-refractivity contribution in [1.82, 2.24) is 0 Å². The Morgan fingerprint density at radius 3 is 2.42 bits per heavy atom. The first-order valence-electron chi connectivity index (χ1n) is 11.5. The molecule has 4 aliphatic rings. The van der Waals surface area contributed by atoms with Gasteiger partial charge in [-0.15, -0.1) is 0 Å². The normalized spacial score (nSPS) is 50.6. The Morgan fingerprint density at radius 1 is 0.962 bits per heavy atom. The van der Waals surface area contributed by atoms with Crippen LogP contribution in [-0.2, 0) is 4.74 Å². The fourth-order valence-electron chi connectivity index (χ4n) is 8.55. The van der Waals surface area contributed by atoms with Gasteiger partial charge in [-0.2, -0.15) is 0 Å². The van der Waals surface area contributed by atoms with E-state index in [1.165, 1.54) is 57.8 Å². The van der Waals surface area contributed by atoms with Crippen LogP contribution >= 0.6 is 0 Å². The van der Waals surface area contributed by atoms with Crippen molar-refractivity contribution in [3.8, 4) is 0 Å².